The number of hydrogen-bond donors (Lipinski definition) is 1. The van der Waals surface area contributed by atoms with E-state index in [-0.39, 0.29) is 12.3 Å². The molecule has 1 N–H and O–H groups in total. The summed E-state index contributed by atoms with van der Waals surface area (Å²) in [7, 11) is -3.57. The molecule has 27 heavy (non-hydrogen) atoms. The zero-order chi connectivity index (χ0) is 18.7. The molecular weight excluding hydrogens is 364 g/mol. The molecule has 1 aromatic carbocycles. The molecule has 3 aromatic heterocycles. The number of hydrogen-bond acceptors (Lipinski definition) is 6. The van der Waals surface area contributed by atoms with Crippen molar-refractivity contribution in [2.75, 3.05) is 0 Å². The van der Waals surface area contributed by atoms with Crippen molar-refractivity contribution in [3.8, 4) is 11.3 Å². The van der Waals surface area contributed by atoms with Crippen molar-refractivity contribution in [2.24, 2.45) is 0 Å². The molecule has 0 spiro atoms. The first-order valence-corrected chi connectivity index (χ1v) is 9.92. The minimum Gasteiger partial charge on any atom is -0.356 e. The summed E-state index contributed by atoms with van der Waals surface area (Å²) in [6, 6.07) is 14.6. The van der Waals surface area contributed by atoms with Gasteiger partial charge in [0.2, 0.25) is 10.0 Å². The molecule has 4 rings (SSSR count). The topological polar surface area (TPSA) is 98.0 Å². The molecule has 0 saturated heterocycles. The summed E-state index contributed by atoms with van der Waals surface area (Å²) in [6.07, 6.45) is 5.08. The third-order valence-corrected chi connectivity index (χ3v) is 5.29. The van der Waals surface area contributed by atoms with Crippen LogP contribution in [0.1, 0.15) is 11.3 Å². The number of fused-ring (bicyclic) bond motifs is 1. The van der Waals surface area contributed by atoms with Crippen LogP contribution in [-0.2, 0) is 22.3 Å². The van der Waals surface area contributed by atoms with Crippen LogP contribution >= 0.6 is 0 Å². The van der Waals surface area contributed by atoms with E-state index in [9.17, 15) is 8.42 Å². The minimum atomic E-state index is -3.57. The van der Waals surface area contributed by atoms with Gasteiger partial charge < -0.3 is 4.52 Å². The molecule has 0 aliphatic carbocycles. The molecule has 0 amide bonds. The van der Waals surface area contributed by atoms with E-state index in [0.29, 0.717) is 16.7 Å². The predicted molar refractivity (Wildman–Crippen MR) is 101 cm³/mol. The first-order valence-electron chi connectivity index (χ1n) is 8.27. The highest BCUT2D eigenvalue weighted by atomic mass is 32.2. The van der Waals surface area contributed by atoms with Gasteiger partial charge >= 0.3 is 0 Å². The summed E-state index contributed by atoms with van der Waals surface area (Å²) in [6.45, 7) is 0.151. The van der Waals surface area contributed by atoms with Gasteiger partial charge in [0.15, 0.2) is 5.58 Å². The summed E-state index contributed by atoms with van der Waals surface area (Å²) in [5, 5.41) is 4.57. The standard InChI is InChI=1S/C19H16N4O3S/c24-27(25,13-18-16-5-1-2-6-19(16)26-23-18)22-11-14-7-8-17(21-10-14)15-4-3-9-20-12-15/h1-10,12,22H,11,13H2. The van der Waals surface area contributed by atoms with Crippen LogP contribution in [0.4, 0.5) is 0 Å². The Kier molecular flexibility index (Phi) is 4.66. The fourth-order valence-corrected chi connectivity index (χ4v) is 3.74. The summed E-state index contributed by atoms with van der Waals surface area (Å²) in [4.78, 5) is 8.43. The Morgan fingerprint density at radius 1 is 1.00 bits per heavy atom. The van der Waals surface area contributed by atoms with E-state index in [0.717, 1.165) is 16.8 Å². The van der Waals surface area contributed by atoms with E-state index in [1.807, 2.05) is 36.4 Å². The summed E-state index contributed by atoms with van der Waals surface area (Å²) in [5.74, 6) is -0.245. The molecule has 3 heterocycles. The van der Waals surface area contributed by atoms with Crippen LogP contribution in [0.2, 0.25) is 0 Å². The maximum atomic E-state index is 12.4. The molecule has 8 heteroatoms. The van der Waals surface area contributed by atoms with Gasteiger partial charge in [0.05, 0.1) is 5.69 Å². The number of para-hydroxylation sites is 1. The number of rotatable bonds is 6. The van der Waals surface area contributed by atoms with Crippen LogP contribution < -0.4 is 4.72 Å². The highest BCUT2D eigenvalue weighted by Crippen LogP contribution is 2.19. The lowest BCUT2D eigenvalue weighted by molar-refractivity contribution is 0.448. The van der Waals surface area contributed by atoms with Crippen molar-refractivity contribution < 1.29 is 12.9 Å². The average Bonchev–Trinajstić information content (AvgIpc) is 3.10. The Hall–Kier alpha value is -3.10. The van der Waals surface area contributed by atoms with Gasteiger partial charge in [-0.3, -0.25) is 9.97 Å². The van der Waals surface area contributed by atoms with Gasteiger partial charge in [-0.1, -0.05) is 23.4 Å². The van der Waals surface area contributed by atoms with E-state index >= 15 is 0 Å². The lowest BCUT2D eigenvalue weighted by Crippen LogP contribution is -2.25. The second-order valence-corrected chi connectivity index (χ2v) is 7.81. The van der Waals surface area contributed by atoms with Gasteiger partial charge in [-0.25, -0.2) is 13.1 Å². The minimum absolute atomic E-state index is 0.151. The molecule has 0 bridgehead atoms. The van der Waals surface area contributed by atoms with Crippen molar-refractivity contribution in [3.05, 3.63) is 78.4 Å². The quantitative estimate of drug-likeness (QED) is 0.552. The van der Waals surface area contributed by atoms with Crippen LogP contribution in [-0.4, -0.2) is 23.5 Å². The molecule has 0 atom stereocenters. The Balaban J connectivity index is 1.43. The number of aromatic nitrogens is 3. The third kappa shape index (κ3) is 4.02. The molecule has 0 unspecified atom stereocenters. The van der Waals surface area contributed by atoms with Crippen LogP contribution in [0.5, 0.6) is 0 Å². The van der Waals surface area contributed by atoms with Crippen molar-refractivity contribution in [1.29, 1.82) is 0 Å². The highest BCUT2D eigenvalue weighted by molar-refractivity contribution is 7.88. The van der Waals surface area contributed by atoms with Crippen molar-refractivity contribution >= 4 is 21.0 Å². The summed E-state index contributed by atoms with van der Waals surface area (Å²) >= 11 is 0. The van der Waals surface area contributed by atoms with E-state index in [2.05, 4.69) is 19.8 Å². The Labute approximate surface area is 156 Å². The Morgan fingerprint density at radius 3 is 2.67 bits per heavy atom. The van der Waals surface area contributed by atoms with Crippen LogP contribution in [0, 0.1) is 0 Å². The van der Waals surface area contributed by atoms with E-state index in [1.54, 1.807) is 30.7 Å². The van der Waals surface area contributed by atoms with Gasteiger partial charge in [0.1, 0.15) is 11.4 Å². The van der Waals surface area contributed by atoms with E-state index in [4.69, 9.17) is 4.52 Å². The summed E-state index contributed by atoms with van der Waals surface area (Å²) < 4.78 is 32.5. The van der Waals surface area contributed by atoms with Gasteiger partial charge in [0, 0.05) is 36.1 Å². The van der Waals surface area contributed by atoms with E-state index < -0.39 is 10.0 Å². The zero-order valence-corrected chi connectivity index (χ0v) is 15.1. The largest absolute Gasteiger partial charge is 0.356 e. The fourth-order valence-electron chi connectivity index (χ4n) is 2.68. The normalized spacial score (nSPS) is 11.7. The zero-order valence-electron chi connectivity index (χ0n) is 14.2. The second kappa shape index (κ2) is 7.26. The van der Waals surface area contributed by atoms with Gasteiger partial charge in [0.25, 0.3) is 0 Å². The molecule has 0 aliphatic rings. The van der Waals surface area contributed by atoms with Crippen LogP contribution in [0.3, 0.4) is 0 Å². The smallest absolute Gasteiger partial charge is 0.217 e. The highest BCUT2D eigenvalue weighted by Gasteiger charge is 2.17. The monoisotopic (exact) mass is 380 g/mol. The molecule has 4 aromatic rings. The average molecular weight is 380 g/mol. The molecule has 0 aliphatic heterocycles. The number of sulfonamides is 1. The van der Waals surface area contributed by atoms with Crippen LogP contribution in [0.25, 0.3) is 22.2 Å². The van der Waals surface area contributed by atoms with Gasteiger partial charge in [-0.15, -0.1) is 0 Å². The van der Waals surface area contributed by atoms with Gasteiger partial charge in [-0.2, -0.15) is 0 Å². The first-order chi connectivity index (χ1) is 13.1. The predicted octanol–water partition coefficient (Wildman–Crippen LogP) is 2.90. The number of nitrogens with zero attached hydrogens (tertiary/aromatic N) is 3. The molecule has 136 valence electrons. The molecule has 0 radical (unpaired) electrons. The van der Waals surface area contributed by atoms with Crippen molar-refractivity contribution in [3.63, 3.8) is 0 Å². The maximum Gasteiger partial charge on any atom is 0.217 e. The van der Waals surface area contributed by atoms with Crippen LogP contribution in [0.15, 0.2) is 71.6 Å². The number of nitrogens with one attached hydrogen (secondary N) is 1. The SMILES string of the molecule is O=S(=O)(Cc1noc2ccccc12)NCc1ccc(-c2cccnc2)nc1. The second-order valence-electron chi connectivity index (χ2n) is 6.00. The lowest BCUT2D eigenvalue weighted by atomic mass is 10.1. The van der Waals surface area contributed by atoms with Crippen molar-refractivity contribution in [2.45, 2.75) is 12.3 Å². The third-order valence-electron chi connectivity index (χ3n) is 4.06. The molecule has 0 fully saturated rings. The van der Waals surface area contributed by atoms with Crippen molar-refractivity contribution in [1.82, 2.24) is 19.8 Å². The molecule has 0 saturated carbocycles. The van der Waals surface area contributed by atoms with E-state index in [1.165, 1.54) is 0 Å². The van der Waals surface area contributed by atoms with Gasteiger partial charge in [-0.05, 0) is 35.9 Å². The first kappa shape index (κ1) is 17.3. The Morgan fingerprint density at radius 2 is 1.89 bits per heavy atom. The summed E-state index contributed by atoms with van der Waals surface area (Å²) in [5.41, 5.74) is 3.41. The number of pyridine rings is 2. The Bertz CT molecular complexity index is 1160. The molecular formula is C19H16N4O3S. The maximum absolute atomic E-state index is 12.4. The fraction of sp³-hybridized carbons (Fsp3) is 0.105. The number of benzene rings is 1. The lowest BCUT2D eigenvalue weighted by Gasteiger charge is -2.06. The molecule has 7 nitrogen and oxygen atoms in total.